The molecule has 2 aromatic carbocycles. The molecule has 5 rings (SSSR count). The summed E-state index contributed by atoms with van der Waals surface area (Å²) < 4.78 is 24.8. The van der Waals surface area contributed by atoms with Gasteiger partial charge in [0.25, 0.3) is 0 Å². The lowest BCUT2D eigenvalue weighted by Crippen LogP contribution is -2.44. The minimum Gasteiger partial charge on any atom is -0.507 e. The molecule has 0 saturated heterocycles. The highest BCUT2D eigenvalue weighted by Crippen LogP contribution is 2.60. The lowest BCUT2D eigenvalue weighted by molar-refractivity contribution is -0.192. The van der Waals surface area contributed by atoms with Crippen LogP contribution in [0, 0.1) is 0 Å². The van der Waals surface area contributed by atoms with Gasteiger partial charge in [-0.3, -0.25) is 0 Å². The highest BCUT2D eigenvalue weighted by molar-refractivity contribution is 5.76. The van der Waals surface area contributed by atoms with Gasteiger partial charge in [-0.05, 0) is 58.4 Å². The second-order valence-electron chi connectivity index (χ2n) is 9.37. The Morgan fingerprint density at radius 1 is 1.22 bits per heavy atom. The number of allylic oxidation sites excluding steroid dienone is 2. The van der Waals surface area contributed by atoms with Crippen LogP contribution in [0.2, 0.25) is 0 Å². The van der Waals surface area contributed by atoms with Crippen LogP contribution in [-0.2, 0) is 12.2 Å². The van der Waals surface area contributed by atoms with Crippen LogP contribution in [0.15, 0.2) is 35.9 Å². The molecular weight excluding hydrogens is 408 g/mol. The molecule has 0 spiro atoms. The minimum atomic E-state index is -1.67. The van der Waals surface area contributed by atoms with Gasteiger partial charge >= 0.3 is 0 Å². The Kier molecular flexibility index (Phi) is 4.50. The van der Waals surface area contributed by atoms with Gasteiger partial charge in [0.05, 0.1) is 24.7 Å². The quantitative estimate of drug-likeness (QED) is 0.648. The van der Waals surface area contributed by atoms with E-state index in [2.05, 4.69) is 6.08 Å². The van der Waals surface area contributed by atoms with E-state index in [-0.39, 0.29) is 12.2 Å². The van der Waals surface area contributed by atoms with Crippen molar-refractivity contribution in [1.82, 2.24) is 0 Å². The number of hydrogen-bond donors (Lipinski definition) is 2. The number of ether oxygens (including phenoxy) is 4. The fourth-order valence-electron chi connectivity index (χ4n) is 4.71. The van der Waals surface area contributed by atoms with Crippen LogP contribution >= 0.6 is 0 Å². The third kappa shape index (κ3) is 3.05. The van der Waals surface area contributed by atoms with Gasteiger partial charge in [0, 0.05) is 5.56 Å². The lowest BCUT2D eigenvalue weighted by atomic mass is 9.83. The number of aliphatic hydroxyl groups is 1. The molecular formula is C26H28O6. The smallest absolute Gasteiger partial charge is 0.246 e. The molecule has 2 atom stereocenters. The van der Waals surface area contributed by atoms with Crippen LogP contribution in [0.3, 0.4) is 0 Å². The molecule has 6 nitrogen and oxygen atoms in total. The summed E-state index contributed by atoms with van der Waals surface area (Å²) in [4.78, 5) is 0. The Hall–Kier alpha value is -3.12. The third-order valence-electron chi connectivity index (χ3n) is 6.18. The maximum atomic E-state index is 11.8. The molecule has 3 heterocycles. The molecule has 2 bridgehead atoms. The molecule has 2 aromatic rings. The zero-order valence-electron chi connectivity index (χ0n) is 19.0. The van der Waals surface area contributed by atoms with Crippen molar-refractivity contribution in [2.45, 2.75) is 58.0 Å². The molecule has 168 valence electrons. The average molecular weight is 437 g/mol. The topological polar surface area (TPSA) is 77.4 Å². The van der Waals surface area contributed by atoms with Gasteiger partial charge in [-0.15, -0.1) is 0 Å². The first-order valence-electron chi connectivity index (χ1n) is 10.8. The van der Waals surface area contributed by atoms with Gasteiger partial charge in [-0.25, -0.2) is 0 Å². The molecule has 3 aliphatic rings. The van der Waals surface area contributed by atoms with Crippen LogP contribution in [0.25, 0.3) is 6.08 Å². The van der Waals surface area contributed by atoms with Crippen LogP contribution in [-0.4, -0.2) is 22.9 Å². The summed E-state index contributed by atoms with van der Waals surface area (Å²) in [6.07, 6.45) is 6.16. The molecule has 0 fully saturated rings. The number of aromatic hydroxyl groups is 1. The van der Waals surface area contributed by atoms with Crippen molar-refractivity contribution in [3.05, 3.63) is 58.2 Å². The van der Waals surface area contributed by atoms with Crippen molar-refractivity contribution in [1.29, 1.82) is 0 Å². The van der Waals surface area contributed by atoms with E-state index in [0.717, 1.165) is 16.7 Å². The average Bonchev–Trinajstić information content (AvgIpc) is 2.70. The van der Waals surface area contributed by atoms with Crippen molar-refractivity contribution in [3.63, 3.8) is 0 Å². The second-order valence-corrected chi connectivity index (χ2v) is 9.37. The second kappa shape index (κ2) is 6.94. The Morgan fingerprint density at radius 2 is 2.00 bits per heavy atom. The van der Waals surface area contributed by atoms with Crippen LogP contribution in [0.4, 0.5) is 0 Å². The third-order valence-corrected chi connectivity index (χ3v) is 6.18. The van der Waals surface area contributed by atoms with Gasteiger partial charge in [0.1, 0.15) is 46.0 Å². The van der Waals surface area contributed by atoms with E-state index >= 15 is 0 Å². The zero-order chi connectivity index (χ0) is 22.8. The summed E-state index contributed by atoms with van der Waals surface area (Å²) in [5.41, 5.74) is 3.21. The summed E-state index contributed by atoms with van der Waals surface area (Å²) in [6.45, 7) is 8.05. The first-order valence-corrected chi connectivity index (χ1v) is 10.8. The van der Waals surface area contributed by atoms with Crippen molar-refractivity contribution in [2.75, 3.05) is 7.11 Å². The molecule has 32 heavy (non-hydrogen) atoms. The molecule has 0 amide bonds. The van der Waals surface area contributed by atoms with E-state index in [1.165, 1.54) is 0 Å². The number of hydrogen-bond acceptors (Lipinski definition) is 6. The molecule has 6 heteroatoms. The largest absolute Gasteiger partial charge is 0.507 e. The monoisotopic (exact) mass is 436 g/mol. The van der Waals surface area contributed by atoms with Crippen molar-refractivity contribution < 1.29 is 29.2 Å². The highest BCUT2D eigenvalue weighted by Gasteiger charge is 2.52. The van der Waals surface area contributed by atoms with Gasteiger partial charge < -0.3 is 29.2 Å². The number of rotatable bonds is 3. The maximum Gasteiger partial charge on any atom is 0.246 e. The Morgan fingerprint density at radius 3 is 2.72 bits per heavy atom. The van der Waals surface area contributed by atoms with E-state index in [0.29, 0.717) is 40.5 Å². The van der Waals surface area contributed by atoms with Gasteiger partial charge in [0.2, 0.25) is 5.79 Å². The Balaban J connectivity index is 1.80. The predicted molar refractivity (Wildman–Crippen MR) is 120 cm³/mol. The fraction of sp³-hybridized carbons (Fsp3) is 0.385. The van der Waals surface area contributed by atoms with Crippen molar-refractivity contribution >= 4 is 6.08 Å². The summed E-state index contributed by atoms with van der Waals surface area (Å²) in [5.74, 6) is 0.428. The predicted octanol–water partition coefficient (Wildman–Crippen LogP) is 5.16. The van der Waals surface area contributed by atoms with Gasteiger partial charge in [-0.1, -0.05) is 17.7 Å². The molecule has 0 radical (unpaired) electrons. The Labute approximate surface area is 187 Å². The van der Waals surface area contributed by atoms with E-state index in [4.69, 9.17) is 18.9 Å². The van der Waals surface area contributed by atoms with E-state index in [1.807, 2.05) is 39.8 Å². The first-order chi connectivity index (χ1) is 15.1. The Bertz CT molecular complexity index is 1170. The summed E-state index contributed by atoms with van der Waals surface area (Å²) in [6, 6.07) is 5.00. The molecule has 2 unspecified atom stereocenters. The number of benzene rings is 2. The molecule has 0 aromatic heterocycles. The van der Waals surface area contributed by atoms with Crippen LogP contribution in [0.1, 0.15) is 62.5 Å². The summed E-state index contributed by atoms with van der Waals surface area (Å²) in [7, 11) is 1.57. The minimum absolute atomic E-state index is 0.0779. The van der Waals surface area contributed by atoms with Crippen LogP contribution in [0.5, 0.6) is 28.7 Å². The van der Waals surface area contributed by atoms with Crippen molar-refractivity contribution in [2.24, 2.45) is 0 Å². The lowest BCUT2D eigenvalue weighted by Gasteiger charge is -2.45. The molecule has 3 aliphatic heterocycles. The standard InChI is InChI=1S/C26H28O6/c1-14(2)9-10-15-22-16(11-12-25(3,4)32-22)23(29-5)21-24(15)30-19-13-26(21,28)31-18-8-6-7-17(27)20(18)19/h6-9,11-12,19,27-28H,10,13H2,1-5H3. The molecule has 2 N–H and O–H groups in total. The number of methoxy groups -OCH3 is 1. The summed E-state index contributed by atoms with van der Waals surface area (Å²) in [5, 5.41) is 22.3. The number of phenols is 1. The van der Waals surface area contributed by atoms with E-state index < -0.39 is 17.5 Å². The fourth-order valence-corrected chi connectivity index (χ4v) is 4.71. The van der Waals surface area contributed by atoms with E-state index in [9.17, 15) is 10.2 Å². The number of fused-ring (bicyclic) bond motifs is 7. The first kappa shape index (κ1) is 20.8. The SMILES string of the molecule is COc1c2c(c(CC=C(C)C)c3c1C1(O)CC(O3)c3c(O)cccc3O1)OC(C)(C)C=C2. The molecule has 0 saturated carbocycles. The van der Waals surface area contributed by atoms with E-state index in [1.54, 1.807) is 25.3 Å². The van der Waals surface area contributed by atoms with Gasteiger partial charge in [0.15, 0.2) is 0 Å². The summed E-state index contributed by atoms with van der Waals surface area (Å²) >= 11 is 0. The normalized spacial score (nSPS) is 23.5. The zero-order valence-corrected chi connectivity index (χ0v) is 19.0. The van der Waals surface area contributed by atoms with Crippen LogP contribution < -0.4 is 18.9 Å². The molecule has 0 aliphatic carbocycles. The van der Waals surface area contributed by atoms with Crippen molar-refractivity contribution in [3.8, 4) is 28.7 Å². The highest BCUT2D eigenvalue weighted by atomic mass is 16.6. The van der Waals surface area contributed by atoms with Gasteiger partial charge in [-0.2, -0.15) is 0 Å². The number of phenolic OH excluding ortho intramolecular Hbond substituents is 1. The maximum absolute atomic E-state index is 11.8.